The van der Waals surface area contributed by atoms with Gasteiger partial charge in [0, 0.05) is 36.4 Å². The molecule has 1 saturated heterocycles. The largest absolute Gasteiger partial charge is 0.444 e. The number of hydrogen-bond donors (Lipinski definition) is 2. The first-order valence-electron chi connectivity index (χ1n) is 13.4. The maximum atomic E-state index is 13.2. The van der Waals surface area contributed by atoms with E-state index in [1.165, 1.54) is 0 Å². The summed E-state index contributed by atoms with van der Waals surface area (Å²) in [6.07, 6.45) is 0.164. The summed E-state index contributed by atoms with van der Waals surface area (Å²) in [5.74, 6) is 1.29. The Labute approximate surface area is 229 Å². The van der Waals surface area contributed by atoms with Crippen LogP contribution in [-0.4, -0.2) is 71.5 Å². The van der Waals surface area contributed by atoms with E-state index in [1.807, 2.05) is 39.8 Å². The van der Waals surface area contributed by atoms with Crippen molar-refractivity contribution in [1.82, 2.24) is 20.2 Å². The van der Waals surface area contributed by atoms with Gasteiger partial charge in [-0.15, -0.1) is 0 Å². The molecule has 1 fully saturated rings. The molecule has 2 aromatic rings. The van der Waals surface area contributed by atoms with Crippen molar-refractivity contribution in [3.8, 4) is 17.5 Å². The van der Waals surface area contributed by atoms with E-state index in [9.17, 15) is 14.9 Å². The summed E-state index contributed by atoms with van der Waals surface area (Å²) in [4.78, 5) is 38.9. The van der Waals surface area contributed by atoms with Gasteiger partial charge < -0.3 is 25.0 Å². The minimum Gasteiger partial charge on any atom is -0.444 e. The second kappa shape index (κ2) is 11.9. The van der Waals surface area contributed by atoms with Crippen LogP contribution >= 0.6 is 0 Å². The lowest BCUT2D eigenvalue weighted by molar-refractivity contribution is 0.0140. The van der Waals surface area contributed by atoms with Crippen LogP contribution in [0.2, 0.25) is 0 Å². The average Bonchev–Trinajstić information content (AvgIpc) is 2.88. The fraction of sp³-hybridized carbons (Fsp3) is 0.536. The predicted molar refractivity (Wildman–Crippen MR) is 147 cm³/mol. The fourth-order valence-corrected chi connectivity index (χ4v) is 4.82. The van der Waals surface area contributed by atoms with Crippen LogP contribution in [0, 0.1) is 11.3 Å². The zero-order chi connectivity index (χ0) is 28.2. The normalized spacial score (nSPS) is 19.1. The molecular formula is C28H37N7O4. The summed E-state index contributed by atoms with van der Waals surface area (Å²) >= 11 is 0. The summed E-state index contributed by atoms with van der Waals surface area (Å²) in [5.41, 5.74) is 2.34. The van der Waals surface area contributed by atoms with Gasteiger partial charge in [-0.1, -0.05) is 0 Å². The number of amides is 3. The van der Waals surface area contributed by atoms with Crippen LogP contribution < -0.4 is 15.5 Å². The van der Waals surface area contributed by atoms with Gasteiger partial charge in [0.1, 0.15) is 11.4 Å². The molecule has 11 heteroatoms. The number of rotatable bonds is 5. The van der Waals surface area contributed by atoms with Crippen LogP contribution in [0.3, 0.4) is 0 Å². The van der Waals surface area contributed by atoms with E-state index in [1.54, 1.807) is 17.0 Å². The first-order valence-corrected chi connectivity index (χ1v) is 13.4. The smallest absolute Gasteiger partial charge is 0.410 e. The summed E-state index contributed by atoms with van der Waals surface area (Å²) < 4.78 is 11.3. The molecule has 0 radical (unpaired) electrons. The Morgan fingerprint density at radius 2 is 1.95 bits per heavy atom. The van der Waals surface area contributed by atoms with E-state index in [-0.39, 0.29) is 18.5 Å². The highest BCUT2D eigenvalue weighted by Gasteiger charge is 2.38. The second-order valence-corrected chi connectivity index (χ2v) is 10.7. The van der Waals surface area contributed by atoms with Gasteiger partial charge in [0.05, 0.1) is 43.5 Å². The zero-order valence-corrected chi connectivity index (χ0v) is 23.3. The van der Waals surface area contributed by atoms with Crippen molar-refractivity contribution in [2.24, 2.45) is 0 Å². The number of aromatic nitrogens is 2. The van der Waals surface area contributed by atoms with Crippen molar-refractivity contribution >= 4 is 23.6 Å². The Morgan fingerprint density at radius 1 is 1.21 bits per heavy atom. The Hall–Kier alpha value is -3.91. The number of urea groups is 1. The number of ether oxygens (including phenoxy) is 2. The number of hydrogen-bond acceptors (Lipinski definition) is 8. The summed E-state index contributed by atoms with van der Waals surface area (Å²) in [6, 6.07) is 8.79. The van der Waals surface area contributed by atoms with Gasteiger partial charge in [-0.3, -0.25) is 4.90 Å². The van der Waals surface area contributed by atoms with Gasteiger partial charge in [0.2, 0.25) is 0 Å². The van der Waals surface area contributed by atoms with E-state index in [0.29, 0.717) is 56.5 Å². The highest BCUT2D eigenvalue weighted by molar-refractivity contribution is 5.89. The zero-order valence-electron chi connectivity index (χ0n) is 23.3. The molecule has 39 heavy (non-hydrogen) atoms. The molecule has 0 spiro atoms. The molecule has 2 aliphatic rings. The first kappa shape index (κ1) is 28.1. The number of nitrogens with zero attached hydrogens (tertiary/aromatic N) is 5. The molecule has 2 N–H and O–H groups in total. The minimum absolute atomic E-state index is 0.0796. The molecule has 3 heterocycles. The molecule has 2 aliphatic heterocycles. The molecule has 0 aliphatic carbocycles. The number of anilines is 2. The van der Waals surface area contributed by atoms with Crippen molar-refractivity contribution in [2.75, 3.05) is 43.1 Å². The third-order valence-corrected chi connectivity index (χ3v) is 6.60. The van der Waals surface area contributed by atoms with E-state index in [2.05, 4.69) is 28.5 Å². The van der Waals surface area contributed by atoms with Crippen molar-refractivity contribution < 1.29 is 19.1 Å². The molecule has 11 nitrogen and oxygen atoms in total. The second-order valence-electron chi connectivity index (χ2n) is 10.7. The third kappa shape index (κ3) is 6.57. The molecule has 2 atom stereocenters. The first-order chi connectivity index (χ1) is 18.6. The van der Waals surface area contributed by atoms with Crippen LogP contribution in [0.15, 0.2) is 24.3 Å². The SMILES string of the molecule is CCNC(=O)Nc1ccc(-c2nc3c(c(N4CCOCC4C)n2)CCN(C(=O)OC(C)(C)C)C3CC#N)cc1. The van der Waals surface area contributed by atoms with Gasteiger partial charge in [-0.25, -0.2) is 19.6 Å². The minimum atomic E-state index is -0.663. The van der Waals surface area contributed by atoms with Crippen LogP contribution in [0.4, 0.5) is 21.1 Å². The molecule has 2 unspecified atom stereocenters. The van der Waals surface area contributed by atoms with Gasteiger partial charge >= 0.3 is 12.1 Å². The Kier molecular flexibility index (Phi) is 8.55. The third-order valence-electron chi connectivity index (χ3n) is 6.60. The maximum Gasteiger partial charge on any atom is 0.410 e. The highest BCUT2D eigenvalue weighted by atomic mass is 16.6. The number of carbonyl (C=O) groups is 2. The Balaban J connectivity index is 1.77. The quantitative estimate of drug-likeness (QED) is 0.580. The summed E-state index contributed by atoms with van der Waals surface area (Å²) in [7, 11) is 0. The van der Waals surface area contributed by atoms with Gasteiger partial charge in [-0.05, 0) is 65.3 Å². The monoisotopic (exact) mass is 535 g/mol. The van der Waals surface area contributed by atoms with Crippen molar-refractivity contribution in [1.29, 1.82) is 5.26 Å². The number of carbonyl (C=O) groups excluding carboxylic acids is 2. The molecule has 0 bridgehead atoms. The Bertz CT molecular complexity index is 1240. The van der Waals surface area contributed by atoms with Crippen LogP contribution in [0.1, 0.15) is 58.3 Å². The van der Waals surface area contributed by atoms with E-state index >= 15 is 0 Å². The average molecular weight is 536 g/mol. The number of morpholine rings is 1. The molecule has 4 rings (SSSR count). The van der Waals surface area contributed by atoms with Gasteiger partial charge in [0.15, 0.2) is 5.82 Å². The number of nitrogens with one attached hydrogen (secondary N) is 2. The molecule has 1 aromatic heterocycles. The summed E-state index contributed by atoms with van der Waals surface area (Å²) in [6.45, 7) is 12.2. The highest BCUT2D eigenvalue weighted by Crippen LogP contribution is 2.38. The summed E-state index contributed by atoms with van der Waals surface area (Å²) in [5, 5.41) is 15.2. The maximum absolute atomic E-state index is 13.2. The number of fused-ring (bicyclic) bond motifs is 1. The van der Waals surface area contributed by atoms with Crippen LogP contribution in [0.5, 0.6) is 0 Å². The standard InChI is InChI=1S/C28H37N7O4/c1-6-30-26(36)31-20-9-7-19(8-10-20)24-32-23-21(25(33-24)34-15-16-38-17-18(34)2)12-14-35(22(23)11-13-29)27(37)39-28(3,4)5/h7-10,18,22H,6,11-12,14-17H2,1-5H3,(H2,30,31,36). The number of benzene rings is 1. The van der Waals surface area contributed by atoms with Crippen molar-refractivity contribution in [3.63, 3.8) is 0 Å². The van der Waals surface area contributed by atoms with Crippen LogP contribution in [-0.2, 0) is 15.9 Å². The fourth-order valence-electron chi connectivity index (χ4n) is 4.82. The van der Waals surface area contributed by atoms with E-state index < -0.39 is 17.7 Å². The topological polar surface area (TPSA) is 133 Å². The molecule has 208 valence electrons. The van der Waals surface area contributed by atoms with Gasteiger partial charge in [0.25, 0.3) is 0 Å². The Morgan fingerprint density at radius 3 is 2.59 bits per heavy atom. The van der Waals surface area contributed by atoms with Crippen LogP contribution in [0.25, 0.3) is 11.4 Å². The molecule has 3 amide bonds. The molecule has 1 aromatic carbocycles. The van der Waals surface area contributed by atoms with Crippen molar-refractivity contribution in [3.05, 3.63) is 35.5 Å². The van der Waals surface area contributed by atoms with Gasteiger partial charge in [-0.2, -0.15) is 5.26 Å². The lowest BCUT2D eigenvalue weighted by atomic mass is 9.95. The van der Waals surface area contributed by atoms with E-state index in [4.69, 9.17) is 19.4 Å². The van der Waals surface area contributed by atoms with E-state index in [0.717, 1.165) is 16.9 Å². The number of nitriles is 1. The molecular weight excluding hydrogens is 498 g/mol. The van der Waals surface area contributed by atoms with Crippen molar-refractivity contribution in [2.45, 2.75) is 65.1 Å². The lowest BCUT2D eigenvalue weighted by Crippen LogP contribution is -2.47. The lowest BCUT2D eigenvalue weighted by Gasteiger charge is -2.40. The molecule has 0 saturated carbocycles. The predicted octanol–water partition coefficient (Wildman–Crippen LogP) is 4.26.